The minimum absolute atomic E-state index is 0.438. The fourth-order valence-corrected chi connectivity index (χ4v) is 3.28. The Morgan fingerprint density at radius 2 is 1.95 bits per heavy atom. The summed E-state index contributed by atoms with van der Waals surface area (Å²) < 4.78 is 0. The number of nitrogens with one attached hydrogen (secondary N) is 1. The summed E-state index contributed by atoms with van der Waals surface area (Å²) in [5.41, 5.74) is 4.34. The van der Waals surface area contributed by atoms with Crippen molar-refractivity contribution in [3.63, 3.8) is 0 Å². The highest BCUT2D eigenvalue weighted by molar-refractivity contribution is 5.87. The van der Waals surface area contributed by atoms with Crippen molar-refractivity contribution in [3.8, 4) is 0 Å². The fourth-order valence-electron chi connectivity index (χ4n) is 3.28. The van der Waals surface area contributed by atoms with Crippen LogP contribution in [-0.4, -0.2) is 6.54 Å². The van der Waals surface area contributed by atoms with Gasteiger partial charge in [-0.25, -0.2) is 0 Å². The molecule has 0 bridgehead atoms. The number of rotatable bonds is 6. The van der Waals surface area contributed by atoms with Gasteiger partial charge in [0, 0.05) is 12.5 Å². The third kappa shape index (κ3) is 3.00. The van der Waals surface area contributed by atoms with E-state index in [0.717, 1.165) is 13.1 Å². The van der Waals surface area contributed by atoms with Crippen molar-refractivity contribution in [2.75, 3.05) is 6.54 Å². The average molecular weight is 291 g/mol. The van der Waals surface area contributed by atoms with Crippen molar-refractivity contribution in [2.24, 2.45) is 0 Å². The van der Waals surface area contributed by atoms with Crippen LogP contribution in [0.25, 0.3) is 10.8 Å². The van der Waals surface area contributed by atoms with Crippen molar-refractivity contribution >= 4 is 10.8 Å². The molecule has 0 saturated carbocycles. The highest BCUT2D eigenvalue weighted by Crippen LogP contribution is 2.35. The summed E-state index contributed by atoms with van der Waals surface area (Å²) in [5, 5.41) is 6.35. The third-order valence-electron chi connectivity index (χ3n) is 4.57. The molecular weight excluding hydrogens is 266 g/mol. The van der Waals surface area contributed by atoms with Gasteiger partial charge >= 0.3 is 0 Å². The Morgan fingerprint density at radius 1 is 1.09 bits per heavy atom. The van der Waals surface area contributed by atoms with Gasteiger partial charge < -0.3 is 5.32 Å². The summed E-state index contributed by atoms with van der Waals surface area (Å²) in [7, 11) is 0. The Hall–Kier alpha value is -1.86. The fraction of sp³-hybridized carbons (Fsp3) is 0.333. The smallest absolute Gasteiger partial charge is 0.0235 e. The highest BCUT2D eigenvalue weighted by atomic mass is 14.8. The standard InChI is InChI=1S/C21H25N/c1-3-4-14-22-15-21-19-10-6-5-9-17(19)12-13-20(21)18-11-7-8-16(18)2/h5-13,18,22H,3-4,14-15H2,1-2H3. The van der Waals surface area contributed by atoms with E-state index in [2.05, 4.69) is 73.8 Å². The van der Waals surface area contributed by atoms with Crippen LogP contribution in [0.1, 0.15) is 43.7 Å². The van der Waals surface area contributed by atoms with Crippen LogP contribution in [-0.2, 0) is 6.54 Å². The third-order valence-corrected chi connectivity index (χ3v) is 4.57. The van der Waals surface area contributed by atoms with Crippen molar-refractivity contribution in [3.05, 3.63) is 71.3 Å². The summed E-state index contributed by atoms with van der Waals surface area (Å²) in [4.78, 5) is 0. The van der Waals surface area contributed by atoms with E-state index in [1.54, 1.807) is 0 Å². The molecule has 1 atom stereocenters. The van der Waals surface area contributed by atoms with E-state index in [9.17, 15) is 0 Å². The van der Waals surface area contributed by atoms with E-state index < -0.39 is 0 Å². The minimum atomic E-state index is 0.438. The first-order valence-electron chi connectivity index (χ1n) is 8.37. The maximum atomic E-state index is 3.63. The van der Waals surface area contributed by atoms with E-state index in [1.807, 2.05) is 0 Å². The van der Waals surface area contributed by atoms with Crippen LogP contribution in [0.2, 0.25) is 0 Å². The molecule has 22 heavy (non-hydrogen) atoms. The first kappa shape index (κ1) is 15.1. The van der Waals surface area contributed by atoms with Crippen molar-refractivity contribution < 1.29 is 0 Å². The Labute approximate surface area is 133 Å². The molecule has 1 nitrogen and oxygen atoms in total. The number of allylic oxidation sites excluding steroid dienone is 4. The van der Waals surface area contributed by atoms with Gasteiger partial charge in [0.1, 0.15) is 0 Å². The van der Waals surface area contributed by atoms with Crippen LogP contribution in [0.3, 0.4) is 0 Å². The molecule has 1 unspecified atom stereocenters. The van der Waals surface area contributed by atoms with Crippen LogP contribution < -0.4 is 5.32 Å². The molecule has 0 spiro atoms. The lowest BCUT2D eigenvalue weighted by Crippen LogP contribution is -2.16. The molecule has 0 heterocycles. The van der Waals surface area contributed by atoms with E-state index in [4.69, 9.17) is 0 Å². The van der Waals surface area contributed by atoms with Gasteiger partial charge in [0.05, 0.1) is 0 Å². The molecule has 1 aliphatic carbocycles. The molecule has 1 N–H and O–H groups in total. The summed E-state index contributed by atoms with van der Waals surface area (Å²) in [5.74, 6) is 0.438. The van der Waals surface area contributed by atoms with E-state index >= 15 is 0 Å². The molecule has 1 aliphatic rings. The zero-order chi connectivity index (χ0) is 15.4. The van der Waals surface area contributed by atoms with Gasteiger partial charge in [0.15, 0.2) is 0 Å². The number of fused-ring (bicyclic) bond motifs is 1. The topological polar surface area (TPSA) is 12.0 Å². The molecule has 2 aromatic rings. The van der Waals surface area contributed by atoms with Crippen LogP contribution in [0.4, 0.5) is 0 Å². The van der Waals surface area contributed by atoms with Gasteiger partial charge in [-0.3, -0.25) is 0 Å². The lowest BCUT2D eigenvalue weighted by atomic mass is 9.87. The lowest BCUT2D eigenvalue weighted by molar-refractivity contribution is 0.640. The van der Waals surface area contributed by atoms with Crippen molar-refractivity contribution in [1.82, 2.24) is 5.32 Å². The lowest BCUT2D eigenvalue weighted by Gasteiger charge is -2.19. The second-order valence-electron chi connectivity index (χ2n) is 6.16. The van der Waals surface area contributed by atoms with Gasteiger partial charge in [0.2, 0.25) is 0 Å². The molecule has 1 heteroatoms. The number of unbranched alkanes of at least 4 members (excludes halogenated alkanes) is 1. The molecule has 114 valence electrons. The molecule has 0 aromatic heterocycles. The Morgan fingerprint density at radius 3 is 2.73 bits per heavy atom. The number of hydrogen-bond donors (Lipinski definition) is 1. The van der Waals surface area contributed by atoms with Crippen LogP contribution >= 0.6 is 0 Å². The number of benzene rings is 2. The normalized spacial score (nSPS) is 17.2. The SMILES string of the molecule is CCCCNCc1c(C2C=CC=C2C)ccc2ccccc12. The van der Waals surface area contributed by atoms with E-state index in [1.165, 1.54) is 40.3 Å². The average Bonchev–Trinajstić information content (AvgIpc) is 2.97. The number of hydrogen-bond acceptors (Lipinski definition) is 1. The zero-order valence-electron chi connectivity index (χ0n) is 13.6. The van der Waals surface area contributed by atoms with Crippen molar-refractivity contribution in [2.45, 2.75) is 39.2 Å². The molecule has 0 radical (unpaired) electrons. The molecular formula is C21H25N. The first-order valence-corrected chi connectivity index (χ1v) is 8.37. The molecule has 3 rings (SSSR count). The Balaban J connectivity index is 1.99. The van der Waals surface area contributed by atoms with Gasteiger partial charge in [-0.15, -0.1) is 0 Å². The summed E-state index contributed by atoms with van der Waals surface area (Å²) in [6.07, 6.45) is 9.21. The second-order valence-corrected chi connectivity index (χ2v) is 6.16. The van der Waals surface area contributed by atoms with Crippen LogP contribution in [0.5, 0.6) is 0 Å². The largest absolute Gasteiger partial charge is 0.313 e. The molecule has 0 aliphatic heterocycles. The predicted octanol–water partition coefficient (Wildman–Crippen LogP) is 5.33. The summed E-state index contributed by atoms with van der Waals surface area (Å²) in [6.45, 7) is 6.51. The van der Waals surface area contributed by atoms with E-state index in [0.29, 0.717) is 5.92 Å². The molecule has 0 saturated heterocycles. The predicted molar refractivity (Wildman–Crippen MR) is 96.2 cm³/mol. The summed E-state index contributed by atoms with van der Waals surface area (Å²) >= 11 is 0. The molecule has 0 amide bonds. The minimum Gasteiger partial charge on any atom is -0.313 e. The zero-order valence-corrected chi connectivity index (χ0v) is 13.6. The van der Waals surface area contributed by atoms with Gasteiger partial charge in [-0.1, -0.05) is 73.5 Å². The van der Waals surface area contributed by atoms with Gasteiger partial charge in [-0.05, 0) is 41.8 Å². The maximum Gasteiger partial charge on any atom is 0.0235 e. The molecule has 2 aromatic carbocycles. The quantitative estimate of drug-likeness (QED) is 0.709. The monoisotopic (exact) mass is 291 g/mol. The molecule has 0 fully saturated rings. The first-order chi connectivity index (χ1) is 10.8. The van der Waals surface area contributed by atoms with Gasteiger partial charge in [0.25, 0.3) is 0 Å². The van der Waals surface area contributed by atoms with Gasteiger partial charge in [-0.2, -0.15) is 0 Å². The Kier molecular flexibility index (Phi) is 4.74. The van der Waals surface area contributed by atoms with Crippen LogP contribution in [0, 0.1) is 0 Å². The highest BCUT2D eigenvalue weighted by Gasteiger charge is 2.18. The Bertz CT molecular complexity index is 709. The summed E-state index contributed by atoms with van der Waals surface area (Å²) in [6, 6.07) is 13.3. The van der Waals surface area contributed by atoms with E-state index in [-0.39, 0.29) is 0 Å². The second kappa shape index (κ2) is 6.93. The van der Waals surface area contributed by atoms with Crippen LogP contribution in [0.15, 0.2) is 60.2 Å². The van der Waals surface area contributed by atoms with Crippen molar-refractivity contribution in [1.29, 1.82) is 0 Å². The maximum absolute atomic E-state index is 3.63.